The van der Waals surface area contributed by atoms with Gasteiger partial charge < -0.3 is 24.6 Å². The number of hydrogen-bond acceptors (Lipinski definition) is 6. The van der Waals surface area contributed by atoms with E-state index in [2.05, 4.69) is 10.3 Å². The van der Waals surface area contributed by atoms with Gasteiger partial charge >= 0.3 is 12.3 Å². The van der Waals surface area contributed by atoms with Crippen molar-refractivity contribution in [3.05, 3.63) is 36.0 Å². The molecule has 0 bridgehead atoms. The summed E-state index contributed by atoms with van der Waals surface area (Å²) >= 11 is 0. The van der Waals surface area contributed by atoms with Crippen molar-refractivity contribution < 1.29 is 36.6 Å². The molecule has 37 heavy (non-hydrogen) atoms. The Morgan fingerprint density at radius 1 is 1.19 bits per heavy atom. The molecule has 202 valence electrons. The van der Waals surface area contributed by atoms with Crippen LogP contribution in [0, 0.1) is 0 Å². The number of alkyl halides is 4. The topological polar surface area (TPSA) is 84.0 Å². The number of carbonyl (C=O) groups excluding carboxylic acids is 2. The predicted molar refractivity (Wildman–Crippen MR) is 128 cm³/mol. The molecule has 3 heterocycles. The van der Waals surface area contributed by atoms with E-state index >= 15 is 0 Å². The van der Waals surface area contributed by atoms with Gasteiger partial charge in [-0.15, -0.1) is 0 Å². The van der Waals surface area contributed by atoms with Crippen molar-refractivity contribution in [2.45, 2.75) is 57.3 Å². The minimum atomic E-state index is -4.56. The van der Waals surface area contributed by atoms with Crippen LogP contribution in [0.1, 0.15) is 32.3 Å². The highest BCUT2D eigenvalue weighted by Crippen LogP contribution is 2.38. The molecule has 0 aliphatic carbocycles. The summed E-state index contributed by atoms with van der Waals surface area (Å²) in [5.41, 5.74) is -0.519. The normalized spacial score (nSPS) is 24.4. The summed E-state index contributed by atoms with van der Waals surface area (Å²) in [6.07, 6.45) is -5.20. The molecule has 2 saturated heterocycles. The minimum Gasteiger partial charge on any atom is -0.449 e. The molecule has 0 spiro atoms. The summed E-state index contributed by atoms with van der Waals surface area (Å²) in [6.45, 7) is 4.13. The molecule has 1 aromatic carbocycles. The lowest BCUT2D eigenvalue weighted by Gasteiger charge is -2.38. The molecule has 4 atom stereocenters. The Hall–Kier alpha value is -3.15. The number of nitrogens with one attached hydrogen (secondary N) is 1. The number of unbranched alkanes of at least 4 members (excludes halogenated alkanes) is 1. The van der Waals surface area contributed by atoms with Gasteiger partial charge in [0.15, 0.2) is 6.10 Å². The van der Waals surface area contributed by atoms with Gasteiger partial charge in [0, 0.05) is 30.4 Å². The van der Waals surface area contributed by atoms with Crippen molar-refractivity contribution in [1.29, 1.82) is 0 Å². The monoisotopic (exact) mass is 526 g/mol. The van der Waals surface area contributed by atoms with Gasteiger partial charge in [-0.05, 0) is 37.6 Å². The van der Waals surface area contributed by atoms with E-state index in [1.54, 1.807) is 24.0 Å². The second-order valence-corrected chi connectivity index (χ2v) is 9.37. The van der Waals surface area contributed by atoms with Crippen LogP contribution >= 0.6 is 0 Å². The average molecular weight is 527 g/mol. The van der Waals surface area contributed by atoms with Crippen LogP contribution in [0.2, 0.25) is 0 Å². The molecule has 1 N–H and O–H groups in total. The molecule has 1 aromatic heterocycles. The summed E-state index contributed by atoms with van der Waals surface area (Å²) in [7, 11) is 0. The molecule has 2 aliphatic rings. The molecule has 12 heteroatoms. The summed E-state index contributed by atoms with van der Waals surface area (Å²) in [5.74, 6) is -0.556. The predicted octanol–water partition coefficient (Wildman–Crippen LogP) is 3.92. The lowest BCUT2D eigenvalue weighted by molar-refractivity contribution is -0.138. The van der Waals surface area contributed by atoms with E-state index in [0.29, 0.717) is 24.0 Å². The fourth-order valence-corrected chi connectivity index (χ4v) is 4.68. The van der Waals surface area contributed by atoms with Gasteiger partial charge in [-0.25, -0.2) is 9.18 Å². The van der Waals surface area contributed by atoms with E-state index in [4.69, 9.17) is 9.47 Å². The van der Waals surface area contributed by atoms with E-state index in [1.165, 1.54) is 17.2 Å². The Morgan fingerprint density at radius 2 is 1.97 bits per heavy atom. The van der Waals surface area contributed by atoms with Crippen LogP contribution in [-0.2, 0) is 20.4 Å². The number of fused-ring (bicyclic) bond motifs is 1. The first-order valence-electron chi connectivity index (χ1n) is 12.3. The second kappa shape index (κ2) is 11.1. The Kier molecular flexibility index (Phi) is 8.05. The Morgan fingerprint density at radius 3 is 2.70 bits per heavy atom. The number of nitrogens with zero attached hydrogens (tertiary/aromatic N) is 3. The highest BCUT2D eigenvalue weighted by atomic mass is 19.4. The number of morpholine rings is 1. The number of rotatable bonds is 6. The summed E-state index contributed by atoms with van der Waals surface area (Å²) in [6, 6.07) is 4.55. The number of carbonyl (C=O) groups is 2. The lowest BCUT2D eigenvalue weighted by Crippen LogP contribution is -2.55. The first-order valence-corrected chi connectivity index (χ1v) is 12.3. The van der Waals surface area contributed by atoms with Gasteiger partial charge in [0.2, 0.25) is 0 Å². The van der Waals surface area contributed by atoms with Crippen LogP contribution in [0.3, 0.4) is 0 Å². The number of likely N-dealkylation sites (tertiary alicyclic amines) is 1. The number of hydrogen-bond donors (Lipinski definition) is 1. The molecule has 2 aliphatic heterocycles. The maximum atomic E-state index is 14.6. The quantitative estimate of drug-likeness (QED) is 0.454. The van der Waals surface area contributed by atoms with Crippen LogP contribution in [0.4, 0.5) is 28.0 Å². The van der Waals surface area contributed by atoms with E-state index in [0.717, 1.165) is 12.5 Å². The van der Waals surface area contributed by atoms with E-state index in [9.17, 15) is 27.2 Å². The van der Waals surface area contributed by atoms with Crippen LogP contribution in [-0.4, -0.2) is 79.1 Å². The second-order valence-electron chi connectivity index (χ2n) is 9.37. The fourth-order valence-electron chi connectivity index (χ4n) is 4.68. The highest BCUT2D eigenvalue weighted by Gasteiger charge is 2.40. The fraction of sp³-hybridized carbons (Fsp3) is 0.560. The molecular formula is C25H30F4N4O4. The summed E-state index contributed by atoms with van der Waals surface area (Å²) in [5, 5.41) is 2.94. The number of pyridine rings is 1. The van der Waals surface area contributed by atoms with E-state index in [1.807, 2.05) is 6.92 Å². The van der Waals surface area contributed by atoms with E-state index < -0.39 is 48.2 Å². The minimum absolute atomic E-state index is 0.0287. The van der Waals surface area contributed by atoms with Gasteiger partial charge in [0.05, 0.1) is 42.9 Å². The molecule has 2 fully saturated rings. The number of anilines is 1. The van der Waals surface area contributed by atoms with Gasteiger partial charge in [-0.2, -0.15) is 13.2 Å². The molecule has 2 aromatic rings. The van der Waals surface area contributed by atoms with Crippen LogP contribution in [0.5, 0.6) is 0 Å². The molecular weight excluding hydrogens is 496 g/mol. The van der Waals surface area contributed by atoms with Gasteiger partial charge in [0.1, 0.15) is 6.17 Å². The number of ether oxygens (including phenoxy) is 2. The first kappa shape index (κ1) is 26.9. The molecule has 4 rings (SSSR count). The SMILES string of the molecule is CCCCOC(=O)N1CC(F)C(NC(=O)[C@H]2CN(c3ccc(C(F)(F)F)c4ncccc34)C[C@@H](C)O2)C1. The van der Waals surface area contributed by atoms with Crippen molar-refractivity contribution in [1.82, 2.24) is 15.2 Å². The van der Waals surface area contributed by atoms with Crippen molar-refractivity contribution in [3.8, 4) is 0 Å². The zero-order chi connectivity index (χ0) is 26.7. The zero-order valence-electron chi connectivity index (χ0n) is 20.6. The number of aromatic nitrogens is 1. The third-order valence-corrected chi connectivity index (χ3v) is 6.50. The van der Waals surface area contributed by atoms with Crippen LogP contribution < -0.4 is 10.2 Å². The van der Waals surface area contributed by atoms with Crippen LogP contribution in [0.15, 0.2) is 30.5 Å². The van der Waals surface area contributed by atoms with Crippen molar-refractivity contribution >= 4 is 28.6 Å². The third kappa shape index (κ3) is 6.06. The molecule has 8 nitrogen and oxygen atoms in total. The van der Waals surface area contributed by atoms with Gasteiger partial charge in [-0.1, -0.05) is 13.3 Å². The van der Waals surface area contributed by atoms with E-state index in [-0.39, 0.29) is 31.8 Å². The third-order valence-electron chi connectivity index (χ3n) is 6.50. The molecule has 0 saturated carbocycles. The summed E-state index contributed by atoms with van der Waals surface area (Å²) < 4.78 is 66.1. The van der Waals surface area contributed by atoms with Crippen molar-refractivity contribution in [2.75, 3.05) is 37.7 Å². The van der Waals surface area contributed by atoms with Crippen molar-refractivity contribution in [2.24, 2.45) is 0 Å². The van der Waals surface area contributed by atoms with Gasteiger partial charge in [-0.3, -0.25) is 9.78 Å². The lowest BCUT2D eigenvalue weighted by atomic mass is 10.0. The maximum absolute atomic E-state index is 14.6. The van der Waals surface area contributed by atoms with Gasteiger partial charge in [0.25, 0.3) is 5.91 Å². The Bertz CT molecular complexity index is 1130. The number of benzene rings is 1. The maximum Gasteiger partial charge on any atom is 0.418 e. The first-order chi connectivity index (χ1) is 17.6. The standard InChI is InChI=1S/C25H30F4N4O4/c1-3-4-10-36-24(35)33-12-18(26)19(13-33)31-23(34)21-14-32(11-15(2)37-21)20-8-7-17(25(27,28)29)22-16(20)6-5-9-30-22/h5-9,15,18-19,21H,3-4,10-14H2,1-2H3,(H,31,34)/t15-,18?,19?,21-/m1/s1. The Labute approximate surface area is 211 Å². The smallest absolute Gasteiger partial charge is 0.418 e. The van der Waals surface area contributed by atoms with Crippen molar-refractivity contribution in [3.63, 3.8) is 0 Å². The number of halogens is 4. The van der Waals surface area contributed by atoms with Crippen LogP contribution in [0.25, 0.3) is 10.9 Å². The number of amides is 2. The molecule has 2 unspecified atom stereocenters. The zero-order valence-corrected chi connectivity index (χ0v) is 20.6. The molecule has 2 amide bonds. The summed E-state index contributed by atoms with van der Waals surface area (Å²) in [4.78, 5) is 32.1. The average Bonchev–Trinajstić information content (AvgIpc) is 3.22. The largest absolute Gasteiger partial charge is 0.449 e. The Balaban J connectivity index is 1.46. The highest BCUT2D eigenvalue weighted by molar-refractivity contribution is 5.94. The molecule has 0 radical (unpaired) electrons.